The SMILES string of the molecule is CCC(N)(CC)CNC(=O)c1cc(Br)ccc1F. The zero-order valence-corrected chi connectivity index (χ0v) is 12.2. The van der Waals surface area contributed by atoms with Gasteiger partial charge in [-0.1, -0.05) is 29.8 Å². The van der Waals surface area contributed by atoms with E-state index in [1.54, 1.807) is 6.07 Å². The molecule has 0 aliphatic heterocycles. The van der Waals surface area contributed by atoms with Gasteiger partial charge in [0.05, 0.1) is 5.56 Å². The molecule has 0 spiro atoms. The molecule has 0 saturated carbocycles. The Hall–Kier alpha value is -0.940. The number of halogens is 2. The van der Waals surface area contributed by atoms with E-state index >= 15 is 0 Å². The van der Waals surface area contributed by atoms with Crippen LogP contribution in [0.15, 0.2) is 22.7 Å². The van der Waals surface area contributed by atoms with E-state index in [9.17, 15) is 9.18 Å². The predicted octanol–water partition coefficient (Wildman–Crippen LogP) is 2.84. The molecule has 0 aromatic heterocycles. The van der Waals surface area contributed by atoms with Crippen molar-refractivity contribution < 1.29 is 9.18 Å². The second-order valence-corrected chi connectivity index (χ2v) is 5.29. The summed E-state index contributed by atoms with van der Waals surface area (Å²) in [6.45, 7) is 4.27. The lowest BCUT2D eigenvalue weighted by atomic mass is 9.94. The van der Waals surface area contributed by atoms with Gasteiger partial charge in [-0.25, -0.2) is 4.39 Å². The maximum absolute atomic E-state index is 13.5. The maximum atomic E-state index is 13.5. The predicted molar refractivity (Wildman–Crippen MR) is 73.9 cm³/mol. The quantitative estimate of drug-likeness (QED) is 0.877. The number of nitrogens with one attached hydrogen (secondary N) is 1. The molecule has 5 heteroatoms. The lowest BCUT2D eigenvalue weighted by molar-refractivity contribution is 0.0938. The van der Waals surface area contributed by atoms with Gasteiger partial charge in [-0.3, -0.25) is 4.79 Å². The van der Waals surface area contributed by atoms with Gasteiger partial charge in [0, 0.05) is 16.6 Å². The van der Waals surface area contributed by atoms with Crippen molar-refractivity contribution in [1.29, 1.82) is 0 Å². The van der Waals surface area contributed by atoms with Crippen LogP contribution < -0.4 is 11.1 Å². The number of hydrogen-bond donors (Lipinski definition) is 2. The van der Waals surface area contributed by atoms with Gasteiger partial charge in [-0.15, -0.1) is 0 Å². The highest BCUT2D eigenvalue weighted by Gasteiger charge is 2.22. The molecule has 0 heterocycles. The van der Waals surface area contributed by atoms with Gasteiger partial charge in [0.2, 0.25) is 0 Å². The van der Waals surface area contributed by atoms with Crippen molar-refractivity contribution in [3.63, 3.8) is 0 Å². The van der Waals surface area contributed by atoms with Gasteiger partial charge in [-0.05, 0) is 31.0 Å². The first-order valence-corrected chi connectivity index (χ1v) is 6.73. The Morgan fingerprint density at radius 1 is 1.44 bits per heavy atom. The summed E-state index contributed by atoms with van der Waals surface area (Å²) in [5.74, 6) is -0.975. The van der Waals surface area contributed by atoms with Crippen LogP contribution in [0.1, 0.15) is 37.0 Å². The highest BCUT2D eigenvalue weighted by molar-refractivity contribution is 9.10. The molecular weight excluding hydrogens is 299 g/mol. The topological polar surface area (TPSA) is 55.1 Å². The number of benzene rings is 1. The molecule has 1 amide bonds. The fourth-order valence-corrected chi connectivity index (χ4v) is 1.88. The Balaban J connectivity index is 2.74. The smallest absolute Gasteiger partial charge is 0.254 e. The average Bonchev–Trinajstić information content (AvgIpc) is 2.38. The van der Waals surface area contributed by atoms with Crippen molar-refractivity contribution in [1.82, 2.24) is 5.32 Å². The van der Waals surface area contributed by atoms with Gasteiger partial charge in [-0.2, -0.15) is 0 Å². The Morgan fingerprint density at radius 2 is 2.06 bits per heavy atom. The number of hydrogen-bond acceptors (Lipinski definition) is 2. The van der Waals surface area contributed by atoms with Crippen molar-refractivity contribution in [2.75, 3.05) is 6.54 Å². The van der Waals surface area contributed by atoms with Crippen molar-refractivity contribution in [3.05, 3.63) is 34.1 Å². The van der Waals surface area contributed by atoms with E-state index < -0.39 is 17.3 Å². The zero-order valence-electron chi connectivity index (χ0n) is 10.6. The molecule has 0 unspecified atom stereocenters. The fourth-order valence-electron chi connectivity index (χ4n) is 1.52. The molecule has 0 fully saturated rings. The van der Waals surface area contributed by atoms with Crippen LogP contribution in [0.5, 0.6) is 0 Å². The van der Waals surface area contributed by atoms with Crippen LogP contribution >= 0.6 is 15.9 Å². The van der Waals surface area contributed by atoms with Crippen LogP contribution in [0.2, 0.25) is 0 Å². The Morgan fingerprint density at radius 3 is 2.61 bits per heavy atom. The minimum atomic E-state index is -0.536. The second-order valence-electron chi connectivity index (χ2n) is 4.38. The third kappa shape index (κ3) is 3.78. The van der Waals surface area contributed by atoms with E-state index in [4.69, 9.17) is 5.73 Å². The molecule has 0 aliphatic rings. The summed E-state index contributed by atoms with van der Waals surface area (Å²) in [5.41, 5.74) is 5.67. The van der Waals surface area contributed by atoms with E-state index in [1.165, 1.54) is 12.1 Å². The van der Waals surface area contributed by atoms with Crippen LogP contribution in [0, 0.1) is 5.82 Å². The lowest BCUT2D eigenvalue weighted by Gasteiger charge is -2.26. The summed E-state index contributed by atoms with van der Waals surface area (Å²) >= 11 is 3.21. The van der Waals surface area contributed by atoms with Crippen LogP contribution in [0.3, 0.4) is 0 Å². The van der Waals surface area contributed by atoms with Gasteiger partial charge in [0.15, 0.2) is 0 Å². The largest absolute Gasteiger partial charge is 0.350 e. The van der Waals surface area contributed by atoms with Crippen LogP contribution in [0.4, 0.5) is 4.39 Å². The van der Waals surface area contributed by atoms with E-state index in [2.05, 4.69) is 21.2 Å². The van der Waals surface area contributed by atoms with Gasteiger partial charge in [0.1, 0.15) is 5.82 Å². The number of rotatable bonds is 5. The molecule has 3 N–H and O–H groups in total. The third-order valence-corrected chi connectivity index (χ3v) is 3.68. The number of nitrogens with two attached hydrogens (primary N) is 1. The summed E-state index contributed by atoms with van der Waals surface area (Å²) in [6, 6.07) is 4.27. The van der Waals surface area contributed by atoms with Crippen molar-refractivity contribution in [2.45, 2.75) is 32.2 Å². The summed E-state index contributed by atoms with van der Waals surface area (Å²) in [7, 11) is 0. The first-order chi connectivity index (χ1) is 8.41. The zero-order chi connectivity index (χ0) is 13.8. The minimum absolute atomic E-state index is 0.0268. The molecule has 1 aromatic carbocycles. The molecule has 3 nitrogen and oxygen atoms in total. The highest BCUT2D eigenvalue weighted by atomic mass is 79.9. The molecule has 0 radical (unpaired) electrons. The van der Waals surface area contributed by atoms with Crippen molar-refractivity contribution >= 4 is 21.8 Å². The molecule has 0 aliphatic carbocycles. The monoisotopic (exact) mass is 316 g/mol. The van der Waals surface area contributed by atoms with E-state index in [0.29, 0.717) is 11.0 Å². The van der Waals surface area contributed by atoms with Crippen molar-refractivity contribution in [2.24, 2.45) is 5.73 Å². The number of amides is 1. The standard InChI is InChI=1S/C13H18BrFN2O/c1-3-13(16,4-2)8-17-12(18)10-7-9(14)5-6-11(10)15/h5-7H,3-4,8,16H2,1-2H3,(H,17,18). The maximum Gasteiger partial charge on any atom is 0.254 e. The second kappa shape index (κ2) is 6.29. The first-order valence-electron chi connectivity index (χ1n) is 5.94. The Bertz CT molecular complexity index is 433. The Labute approximate surface area is 115 Å². The van der Waals surface area contributed by atoms with E-state index in [-0.39, 0.29) is 5.56 Å². The van der Waals surface area contributed by atoms with Crippen molar-refractivity contribution in [3.8, 4) is 0 Å². The molecule has 0 saturated heterocycles. The first kappa shape index (κ1) is 15.1. The van der Waals surface area contributed by atoms with Gasteiger partial charge < -0.3 is 11.1 Å². The molecule has 0 bridgehead atoms. The number of carbonyl (C=O) groups excluding carboxylic acids is 1. The average molecular weight is 317 g/mol. The summed E-state index contributed by atoms with van der Waals surface area (Å²) in [4.78, 5) is 11.9. The van der Waals surface area contributed by atoms with E-state index in [1.807, 2.05) is 13.8 Å². The lowest BCUT2D eigenvalue weighted by Crippen LogP contribution is -2.49. The molecular formula is C13H18BrFN2O. The van der Waals surface area contributed by atoms with Gasteiger partial charge in [0.25, 0.3) is 5.91 Å². The normalized spacial score (nSPS) is 11.4. The fraction of sp³-hybridized carbons (Fsp3) is 0.462. The molecule has 1 aromatic rings. The Kier molecular flexibility index (Phi) is 5.28. The summed E-state index contributed by atoms with van der Waals surface area (Å²) in [6.07, 6.45) is 1.51. The highest BCUT2D eigenvalue weighted by Crippen LogP contribution is 2.16. The van der Waals surface area contributed by atoms with Crippen LogP contribution in [-0.2, 0) is 0 Å². The summed E-state index contributed by atoms with van der Waals surface area (Å²) < 4.78 is 14.2. The molecule has 18 heavy (non-hydrogen) atoms. The third-order valence-electron chi connectivity index (χ3n) is 3.18. The summed E-state index contributed by atoms with van der Waals surface area (Å²) in [5, 5.41) is 2.68. The van der Waals surface area contributed by atoms with E-state index in [0.717, 1.165) is 12.8 Å². The number of carbonyl (C=O) groups is 1. The van der Waals surface area contributed by atoms with Crippen LogP contribution in [-0.4, -0.2) is 18.0 Å². The van der Waals surface area contributed by atoms with Crippen LogP contribution in [0.25, 0.3) is 0 Å². The molecule has 100 valence electrons. The molecule has 0 atom stereocenters. The van der Waals surface area contributed by atoms with Gasteiger partial charge >= 0.3 is 0 Å². The molecule has 1 rings (SSSR count). The minimum Gasteiger partial charge on any atom is -0.350 e.